The predicted molar refractivity (Wildman–Crippen MR) is 88.6 cm³/mol. The Kier molecular flexibility index (Phi) is 4.85. The van der Waals surface area contributed by atoms with Crippen molar-refractivity contribution in [2.75, 3.05) is 18.6 Å². The van der Waals surface area contributed by atoms with Gasteiger partial charge in [0, 0.05) is 18.5 Å². The zero-order chi connectivity index (χ0) is 16.4. The Morgan fingerprint density at radius 2 is 2.04 bits per heavy atom. The molecule has 2 fully saturated rings. The number of methoxy groups -OCH3 is 1. The Hall–Kier alpha value is -1.62. The first kappa shape index (κ1) is 16.2. The number of esters is 1. The van der Waals surface area contributed by atoms with Crippen LogP contribution >= 0.6 is 0 Å². The van der Waals surface area contributed by atoms with E-state index in [1.165, 1.54) is 13.5 Å². The van der Waals surface area contributed by atoms with E-state index in [1.807, 2.05) is 13.0 Å². The Bertz CT molecular complexity index is 575. The number of carbonyl (C=O) groups is 1. The van der Waals surface area contributed by atoms with E-state index in [2.05, 4.69) is 9.88 Å². The van der Waals surface area contributed by atoms with Crippen LogP contribution in [0.1, 0.15) is 54.6 Å². The number of aliphatic hydroxyl groups is 1. The Morgan fingerprint density at radius 3 is 2.74 bits per heavy atom. The number of carbonyl (C=O) groups excluding carboxylic acids is 1. The first-order valence-electron chi connectivity index (χ1n) is 8.62. The van der Waals surface area contributed by atoms with Crippen LogP contribution in [0.25, 0.3) is 0 Å². The Labute approximate surface area is 137 Å². The monoisotopic (exact) mass is 318 g/mol. The number of aliphatic hydroxyl groups excluding tert-OH is 1. The third-order valence-corrected chi connectivity index (χ3v) is 5.35. The molecule has 1 N–H and O–H groups in total. The molecule has 0 radical (unpaired) electrons. The summed E-state index contributed by atoms with van der Waals surface area (Å²) >= 11 is 0. The number of aromatic nitrogens is 1. The fourth-order valence-corrected chi connectivity index (χ4v) is 4.14. The summed E-state index contributed by atoms with van der Waals surface area (Å²) in [6.07, 6.45) is 6.42. The van der Waals surface area contributed by atoms with Crippen molar-refractivity contribution in [1.82, 2.24) is 4.98 Å². The van der Waals surface area contributed by atoms with Gasteiger partial charge in [0.2, 0.25) is 0 Å². The number of nitrogens with zero attached hydrogens (tertiary/aromatic N) is 2. The van der Waals surface area contributed by atoms with Crippen molar-refractivity contribution < 1.29 is 14.6 Å². The molecular formula is C18H26N2O3. The number of rotatable bonds is 3. The van der Waals surface area contributed by atoms with Crippen LogP contribution in [0, 0.1) is 12.8 Å². The Balaban J connectivity index is 1.82. The molecule has 1 aliphatic heterocycles. The molecule has 1 saturated carbocycles. The van der Waals surface area contributed by atoms with Gasteiger partial charge in [-0.25, -0.2) is 9.78 Å². The lowest BCUT2D eigenvalue weighted by molar-refractivity contribution is 0.0565. The van der Waals surface area contributed by atoms with E-state index in [4.69, 9.17) is 4.74 Å². The highest BCUT2D eigenvalue weighted by Gasteiger charge is 2.37. The molecule has 5 heteroatoms. The zero-order valence-electron chi connectivity index (χ0n) is 14.0. The average molecular weight is 318 g/mol. The summed E-state index contributed by atoms with van der Waals surface area (Å²) in [5, 5.41) is 10.4. The second-order valence-corrected chi connectivity index (χ2v) is 6.71. The van der Waals surface area contributed by atoms with Crippen LogP contribution in [-0.2, 0) is 4.74 Å². The minimum Gasteiger partial charge on any atom is -0.465 e. The van der Waals surface area contributed by atoms with Crippen LogP contribution in [0.4, 0.5) is 5.82 Å². The van der Waals surface area contributed by atoms with Gasteiger partial charge in [0.05, 0.1) is 24.5 Å². The van der Waals surface area contributed by atoms with Gasteiger partial charge >= 0.3 is 5.97 Å². The molecule has 5 nitrogen and oxygen atoms in total. The number of aryl methyl sites for hydroxylation is 1. The fraction of sp³-hybridized carbons (Fsp3) is 0.667. The first-order valence-corrected chi connectivity index (χ1v) is 8.62. The molecule has 1 aromatic heterocycles. The van der Waals surface area contributed by atoms with Crippen molar-refractivity contribution in [3.05, 3.63) is 23.4 Å². The summed E-state index contributed by atoms with van der Waals surface area (Å²) in [6, 6.07) is 4.07. The maximum Gasteiger partial charge on any atom is 0.339 e. The van der Waals surface area contributed by atoms with Crippen LogP contribution < -0.4 is 4.90 Å². The molecule has 2 heterocycles. The molecule has 1 saturated heterocycles. The standard InChI is InChI=1S/C18H26N2O3/c1-12-13(18(22)23-2)9-10-17(19-12)20-11-5-7-15(20)14-6-3-4-8-16(14)21/h9-10,14-16,21H,3-8,11H2,1-2H3/t14-,15-,16-/m1/s1. The molecule has 3 atom stereocenters. The van der Waals surface area contributed by atoms with Gasteiger partial charge in [-0.2, -0.15) is 0 Å². The highest BCUT2D eigenvalue weighted by Crippen LogP contribution is 2.36. The average Bonchev–Trinajstić information content (AvgIpc) is 3.04. The van der Waals surface area contributed by atoms with E-state index in [1.54, 1.807) is 6.07 Å². The van der Waals surface area contributed by atoms with Crippen molar-refractivity contribution in [2.45, 2.75) is 57.6 Å². The van der Waals surface area contributed by atoms with Crippen molar-refractivity contribution >= 4 is 11.8 Å². The highest BCUT2D eigenvalue weighted by molar-refractivity contribution is 5.90. The summed E-state index contributed by atoms with van der Waals surface area (Å²) in [5.41, 5.74) is 1.22. The summed E-state index contributed by atoms with van der Waals surface area (Å²) in [7, 11) is 1.39. The molecular weight excluding hydrogens is 292 g/mol. The zero-order valence-corrected chi connectivity index (χ0v) is 14.0. The quantitative estimate of drug-likeness (QED) is 0.868. The third-order valence-electron chi connectivity index (χ3n) is 5.35. The summed E-state index contributed by atoms with van der Waals surface area (Å²) in [6.45, 7) is 2.81. The second kappa shape index (κ2) is 6.87. The topological polar surface area (TPSA) is 62.7 Å². The normalized spacial score (nSPS) is 28.0. The Morgan fingerprint density at radius 1 is 1.26 bits per heavy atom. The molecule has 0 spiro atoms. The van der Waals surface area contributed by atoms with E-state index in [0.717, 1.165) is 44.5 Å². The van der Waals surface area contributed by atoms with Gasteiger partial charge in [-0.1, -0.05) is 12.8 Å². The van der Waals surface area contributed by atoms with Crippen LogP contribution in [0.15, 0.2) is 12.1 Å². The van der Waals surface area contributed by atoms with Gasteiger partial charge in [0.1, 0.15) is 5.82 Å². The molecule has 0 amide bonds. The lowest BCUT2D eigenvalue weighted by Gasteiger charge is -2.37. The first-order chi connectivity index (χ1) is 11.1. The summed E-state index contributed by atoms with van der Waals surface area (Å²) in [5.74, 6) is 0.909. The minimum atomic E-state index is -0.345. The second-order valence-electron chi connectivity index (χ2n) is 6.71. The number of ether oxygens (including phenoxy) is 1. The van der Waals surface area contributed by atoms with Crippen molar-refractivity contribution in [2.24, 2.45) is 5.92 Å². The number of hydrogen-bond donors (Lipinski definition) is 1. The lowest BCUT2D eigenvalue weighted by Crippen LogP contribution is -2.43. The third kappa shape index (κ3) is 3.20. The van der Waals surface area contributed by atoms with Gasteiger partial charge in [-0.3, -0.25) is 0 Å². The molecule has 126 valence electrons. The van der Waals surface area contributed by atoms with E-state index in [0.29, 0.717) is 23.2 Å². The summed E-state index contributed by atoms with van der Waals surface area (Å²) < 4.78 is 4.79. The number of anilines is 1. The van der Waals surface area contributed by atoms with Gasteiger partial charge < -0.3 is 14.7 Å². The van der Waals surface area contributed by atoms with Crippen molar-refractivity contribution in [1.29, 1.82) is 0 Å². The van der Waals surface area contributed by atoms with E-state index in [-0.39, 0.29) is 12.1 Å². The van der Waals surface area contributed by atoms with Crippen LogP contribution in [0.5, 0.6) is 0 Å². The molecule has 23 heavy (non-hydrogen) atoms. The van der Waals surface area contributed by atoms with Gasteiger partial charge in [-0.15, -0.1) is 0 Å². The van der Waals surface area contributed by atoms with Gasteiger partial charge in [0.15, 0.2) is 0 Å². The molecule has 1 aromatic rings. The number of hydrogen-bond acceptors (Lipinski definition) is 5. The van der Waals surface area contributed by atoms with Crippen LogP contribution in [0.2, 0.25) is 0 Å². The summed E-state index contributed by atoms with van der Waals surface area (Å²) in [4.78, 5) is 18.7. The largest absolute Gasteiger partial charge is 0.465 e. The molecule has 1 aliphatic carbocycles. The van der Waals surface area contributed by atoms with E-state index < -0.39 is 0 Å². The molecule has 0 unspecified atom stereocenters. The predicted octanol–water partition coefficient (Wildman–Crippen LogP) is 2.70. The van der Waals surface area contributed by atoms with E-state index >= 15 is 0 Å². The van der Waals surface area contributed by atoms with Crippen molar-refractivity contribution in [3.8, 4) is 0 Å². The molecule has 0 bridgehead atoms. The van der Waals surface area contributed by atoms with Gasteiger partial charge in [0.25, 0.3) is 0 Å². The molecule has 0 aromatic carbocycles. The number of pyridine rings is 1. The molecule has 3 rings (SSSR count). The van der Waals surface area contributed by atoms with Crippen molar-refractivity contribution in [3.63, 3.8) is 0 Å². The SMILES string of the molecule is COC(=O)c1ccc(N2CCC[C@@H]2[C@H]2CCCC[C@H]2O)nc1C. The molecule has 2 aliphatic rings. The highest BCUT2D eigenvalue weighted by atomic mass is 16.5. The maximum atomic E-state index is 11.7. The van der Waals surface area contributed by atoms with Crippen LogP contribution in [-0.4, -0.2) is 41.9 Å². The smallest absolute Gasteiger partial charge is 0.339 e. The van der Waals surface area contributed by atoms with Crippen LogP contribution in [0.3, 0.4) is 0 Å². The maximum absolute atomic E-state index is 11.7. The lowest BCUT2D eigenvalue weighted by atomic mass is 9.80. The minimum absolute atomic E-state index is 0.190. The van der Waals surface area contributed by atoms with E-state index in [9.17, 15) is 9.90 Å². The van der Waals surface area contributed by atoms with Gasteiger partial charge in [-0.05, 0) is 44.7 Å². The fourth-order valence-electron chi connectivity index (χ4n) is 4.14.